The van der Waals surface area contributed by atoms with E-state index in [2.05, 4.69) is 4.98 Å². The number of halogens is 1. The van der Waals surface area contributed by atoms with Crippen molar-refractivity contribution in [1.29, 1.82) is 0 Å². The summed E-state index contributed by atoms with van der Waals surface area (Å²) in [4.78, 5) is 4.13. The lowest BCUT2D eigenvalue weighted by Crippen LogP contribution is -1.95. The average Bonchev–Trinajstić information content (AvgIpc) is 2.41. The molecule has 0 fully saturated rings. The van der Waals surface area contributed by atoms with Crippen LogP contribution in [0.4, 0.5) is 0 Å². The molecule has 0 unspecified atom stereocenters. The Bertz CT molecular complexity index is 553. The van der Waals surface area contributed by atoms with E-state index in [9.17, 15) is 5.11 Å². The predicted molar refractivity (Wildman–Crippen MR) is 75.8 cm³/mol. The van der Waals surface area contributed by atoms with Crippen molar-refractivity contribution < 1.29 is 9.84 Å². The molecule has 0 aliphatic heterocycles. The molecule has 1 heterocycles. The summed E-state index contributed by atoms with van der Waals surface area (Å²) in [6, 6.07) is 9.11. The number of nitrogens with zero attached hydrogens (tertiary/aromatic N) is 1. The second-order valence-corrected chi connectivity index (χ2v) is 4.71. The lowest BCUT2D eigenvalue weighted by Gasteiger charge is -2.09. The molecule has 0 bridgehead atoms. The fourth-order valence-corrected chi connectivity index (χ4v) is 1.97. The molecule has 100 valence electrons. The van der Waals surface area contributed by atoms with E-state index in [1.54, 1.807) is 25.3 Å². The number of hydrogen-bond acceptors (Lipinski definition) is 3. The zero-order valence-electron chi connectivity index (χ0n) is 10.9. The molecule has 3 nitrogen and oxygen atoms in total. The third kappa shape index (κ3) is 3.46. The fourth-order valence-electron chi connectivity index (χ4n) is 1.72. The summed E-state index contributed by atoms with van der Waals surface area (Å²) in [6.45, 7) is 3.72. The van der Waals surface area contributed by atoms with Gasteiger partial charge in [-0.2, -0.15) is 0 Å². The summed E-state index contributed by atoms with van der Waals surface area (Å²) >= 11 is 6.06. The smallest absolute Gasteiger partial charge is 0.145 e. The highest BCUT2D eigenvalue weighted by Gasteiger charge is 2.05. The largest absolute Gasteiger partial charge is 0.456 e. The number of rotatable bonds is 4. The monoisotopic (exact) mass is 277 g/mol. The number of aromatic nitrogens is 1. The summed E-state index contributed by atoms with van der Waals surface area (Å²) in [5.74, 6) is 1.36. The molecule has 1 atom stereocenters. The van der Waals surface area contributed by atoms with Crippen LogP contribution in [-0.4, -0.2) is 10.1 Å². The molecule has 1 aromatic heterocycles. The Labute approximate surface area is 117 Å². The summed E-state index contributed by atoms with van der Waals surface area (Å²) in [7, 11) is 0. The molecule has 1 aromatic carbocycles. The molecule has 4 heteroatoms. The minimum absolute atomic E-state index is 0.573. The van der Waals surface area contributed by atoms with Crippen LogP contribution in [0.25, 0.3) is 0 Å². The number of ether oxygens (including phenoxy) is 1. The van der Waals surface area contributed by atoms with Gasteiger partial charge in [0, 0.05) is 5.02 Å². The predicted octanol–water partition coefficient (Wildman–Crippen LogP) is 4.14. The van der Waals surface area contributed by atoms with Crippen molar-refractivity contribution >= 4 is 11.6 Å². The third-order valence-electron chi connectivity index (χ3n) is 2.82. The SMILES string of the molecule is CCc1cc(Oc2ccc([C@@H](C)O)nc2)ccc1Cl. The quantitative estimate of drug-likeness (QED) is 0.913. The van der Waals surface area contributed by atoms with Crippen molar-refractivity contribution in [2.75, 3.05) is 0 Å². The van der Waals surface area contributed by atoms with Crippen molar-refractivity contribution in [2.24, 2.45) is 0 Å². The van der Waals surface area contributed by atoms with Gasteiger partial charge in [-0.1, -0.05) is 18.5 Å². The third-order valence-corrected chi connectivity index (χ3v) is 3.19. The molecule has 0 aliphatic rings. The standard InChI is InChI=1S/C15H16ClNO2/c1-3-11-8-12(4-6-14(11)16)19-13-5-7-15(10(2)18)17-9-13/h4-10,18H,3H2,1-2H3/t10-/m1/s1. The number of aliphatic hydroxyl groups excluding tert-OH is 1. The highest BCUT2D eigenvalue weighted by molar-refractivity contribution is 6.31. The molecule has 2 rings (SSSR count). The maximum Gasteiger partial charge on any atom is 0.145 e. The lowest BCUT2D eigenvalue weighted by atomic mass is 10.1. The van der Waals surface area contributed by atoms with Crippen LogP contribution in [0, 0.1) is 0 Å². The lowest BCUT2D eigenvalue weighted by molar-refractivity contribution is 0.194. The molecule has 0 radical (unpaired) electrons. The molecular weight excluding hydrogens is 262 g/mol. The Morgan fingerprint density at radius 2 is 2.00 bits per heavy atom. The van der Waals surface area contributed by atoms with E-state index < -0.39 is 6.10 Å². The van der Waals surface area contributed by atoms with E-state index in [-0.39, 0.29) is 0 Å². The summed E-state index contributed by atoms with van der Waals surface area (Å²) in [6.07, 6.45) is 1.88. The van der Waals surface area contributed by atoms with E-state index in [1.807, 2.05) is 25.1 Å². The molecule has 19 heavy (non-hydrogen) atoms. The Hall–Kier alpha value is -1.58. The Morgan fingerprint density at radius 1 is 1.26 bits per heavy atom. The number of hydrogen-bond donors (Lipinski definition) is 1. The van der Waals surface area contributed by atoms with Gasteiger partial charge in [0.25, 0.3) is 0 Å². The zero-order valence-corrected chi connectivity index (χ0v) is 11.7. The van der Waals surface area contributed by atoms with Crippen LogP contribution in [0.2, 0.25) is 5.02 Å². The molecule has 2 aromatic rings. The first-order chi connectivity index (χ1) is 9.10. The van der Waals surface area contributed by atoms with Crippen molar-refractivity contribution in [3.63, 3.8) is 0 Å². The number of aliphatic hydroxyl groups is 1. The molecule has 0 saturated heterocycles. The Balaban J connectivity index is 2.16. The molecule has 1 N–H and O–H groups in total. The minimum Gasteiger partial charge on any atom is -0.456 e. The van der Waals surface area contributed by atoms with Crippen LogP contribution in [0.15, 0.2) is 36.5 Å². The van der Waals surface area contributed by atoms with Gasteiger partial charge in [0.1, 0.15) is 11.5 Å². The molecule has 0 spiro atoms. The number of pyridine rings is 1. The first kappa shape index (κ1) is 13.8. The summed E-state index contributed by atoms with van der Waals surface area (Å²) in [5, 5.41) is 10.1. The Kier molecular flexibility index (Phi) is 4.40. The van der Waals surface area contributed by atoms with Crippen LogP contribution in [-0.2, 0) is 6.42 Å². The van der Waals surface area contributed by atoms with Gasteiger partial charge >= 0.3 is 0 Å². The zero-order chi connectivity index (χ0) is 13.8. The summed E-state index contributed by atoms with van der Waals surface area (Å²) < 4.78 is 5.71. The van der Waals surface area contributed by atoms with Crippen LogP contribution in [0.5, 0.6) is 11.5 Å². The van der Waals surface area contributed by atoms with Gasteiger partial charge < -0.3 is 9.84 Å². The normalized spacial score (nSPS) is 12.2. The van der Waals surface area contributed by atoms with Gasteiger partial charge in [-0.15, -0.1) is 0 Å². The number of aryl methyl sites for hydroxylation is 1. The van der Waals surface area contributed by atoms with Gasteiger partial charge in [-0.3, -0.25) is 4.98 Å². The van der Waals surface area contributed by atoms with E-state index in [0.717, 1.165) is 22.8 Å². The number of benzene rings is 1. The van der Waals surface area contributed by atoms with E-state index in [0.29, 0.717) is 11.4 Å². The van der Waals surface area contributed by atoms with Crippen LogP contribution < -0.4 is 4.74 Å². The first-order valence-electron chi connectivity index (χ1n) is 6.20. The average molecular weight is 278 g/mol. The second-order valence-electron chi connectivity index (χ2n) is 4.30. The second kappa shape index (κ2) is 6.04. The van der Waals surface area contributed by atoms with Crippen LogP contribution in [0.3, 0.4) is 0 Å². The van der Waals surface area contributed by atoms with Gasteiger partial charge in [0.2, 0.25) is 0 Å². The van der Waals surface area contributed by atoms with E-state index in [4.69, 9.17) is 16.3 Å². The van der Waals surface area contributed by atoms with Crippen LogP contribution in [0.1, 0.15) is 31.2 Å². The van der Waals surface area contributed by atoms with Gasteiger partial charge in [0.05, 0.1) is 18.0 Å². The maximum absolute atomic E-state index is 9.39. The Morgan fingerprint density at radius 3 is 2.58 bits per heavy atom. The van der Waals surface area contributed by atoms with Crippen LogP contribution >= 0.6 is 11.6 Å². The van der Waals surface area contributed by atoms with Crippen molar-refractivity contribution in [3.8, 4) is 11.5 Å². The molecular formula is C15H16ClNO2. The molecule has 0 amide bonds. The van der Waals surface area contributed by atoms with Gasteiger partial charge in [-0.05, 0) is 49.2 Å². The first-order valence-corrected chi connectivity index (χ1v) is 6.58. The molecule has 0 saturated carbocycles. The topological polar surface area (TPSA) is 42.4 Å². The molecule has 0 aliphatic carbocycles. The fraction of sp³-hybridized carbons (Fsp3) is 0.267. The van der Waals surface area contributed by atoms with E-state index in [1.165, 1.54) is 0 Å². The van der Waals surface area contributed by atoms with Crippen molar-refractivity contribution in [2.45, 2.75) is 26.4 Å². The highest BCUT2D eigenvalue weighted by atomic mass is 35.5. The van der Waals surface area contributed by atoms with E-state index >= 15 is 0 Å². The van der Waals surface area contributed by atoms with Crippen molar-refractivity contribution in [1.82, 2.24) is 4.98 Å². The van der Waals surface area contributed by atoms with Gasteiger partial charge in [0.15, 0.2) is 0 Å². The summed E-state index contributed by atoms with van der Waals surface area (Å²) in [5.41, 5.74) is 1.67. The maximum atomic E-state index is 9.39. The highest BCUT2D eigenvalue weighted by Crippen LogP contribution is 2.26. The van der Waals surface area contributed by atoms with Crippen molar-refractivity contribution in [3.05, 3.63) is 52.8 Å². The van der Waals surface area contributed by atoms with Gasteiger partial charge in [-0.25, -0.2) is 0 Å². The minimum atomic E-state index is -0.573.